The average molecular weight is 925 g/mol. The van der Waals surface area contributed by atoms with E-state index in [0.29, 0.717) is 51.7 Å². The van der Waals surface area contributed by atoms with E-state index in [2.05, 4.69) is 39.5 Å². The molecule has 2 atom stereocenters. The molecule has 68 heavy (non-hydrogen) atoms. The molecule has 0 saturated heterocycles. The molecule has 2 unspecified atom stereocenters. The molecule has 3 aliphatic heterocycles. The van der Waals surface area contributed by atoms with Crippen molar-refractivity contribution in [1.82, 2.24) is 4.90 Å². The van der Waals surface area contributed by atoms with Crippen LogP contribution in [0.4, 0.5) is 5.69 Å². The van der Waals surface area contributed by atoms with Crippen LogP contribution in [0.15, 0.2) is 140 Å². The Bertz CT molecular complexity index is 3180. The standard InChI is InChI=1S/C57H53N2O8P/c1-9-40(10-2)58-51(60)43-28-21-35(31-45(43)53(58)62)36-22-29-44-46(32-36)54(63)59(52(44)61)47-30-27-39(33-49(47)66-55(64)34(5)6)57(8,38-25-23-37(24-26-38)56(7,11-3)12-4)68(65)50-20-16-14-18-42(50)41-17-13-15-19-48(41)67-68/h13-33,40H,5,9-12H2,1-4,6-8H3. The van der Waals surface area contributed by atoms with Crippen molar-refractivity contribution in [2.24, 2.45) is 0 Å². The summed E-state index contributed by atoms with van der Waals surface area (Å²) < 4.78 is 29.3. The number of benzene rings is 6. The van der Waals surface area contributed by atoms with Crippen LogP contribution in [0.2, 0.25) is 0 Å². The number of fused-ring (bicyclic) bond motifs is 5. The van der Waals surface area contributed by atoms with E-state index >= 15 is 4.57 Å². The van der Waals surface area contributed by atoms with Gasteiger partial charge in [0, 0.05) is 17.2 Å². The quantitative estimate of drug-likeness (QED) is 0.0368. The Labute approximate surface area is 397 Å². The van der Waals surface area contributed by atoms with Gasteiger partial charge in [-0.15, -0.1) is 0 Å². The highest BCUT2D eigenvalue weighted by Crippen LogP contribution is 2.69. The summed E-state index contributed by atoms with van der Waals surface area (Å²) in [4.78, 5) is 71.8. The first kappa shape index (κ1) is 46.0. The number of ether oxygens (including phenoxy) is 1. The van der Waals surface area contributed by atoms with E-state index < -0.39 is 30.3 Å². The lowest BCUT2D eigenvalue weighted by Crippen LogP contribution is -2.39. The van der Waals surface area contributed by atoms with Crippen molar-refractivity contribution in [2.75, 3.05) is 4.90 Å². The molecule has 3 heterocycles. The minimum Gasteiger partial charge on any atom is -0.438 e. The fraction of sp³-hybridized carbons (Fsp3) is 0.246. The van der Waals surface area contributed by atoms with E-state index in [1.807, 2.05) is 75.4 Å². The number of hydrogen-bond donors (Lipinski definition) is 0. The molecule has 0 radical (unpaired) electrons. The number of rotatable bonds is 13. The van der Waals surface area contributed by atoms with Gasteiger partial charge in [0.15, 0.2) is 5.75 Å². The van der Waals surface area contributed by atoms with Crippen LogP contribution in [0.5, 0.6) is 11.5 Å². The Balaban J connectivity index is 1.17. The van der Waals surface area contributed by atoms with E-state index in [-0.39, 0.29) is 57.0 Å². The monoisotopic (exact) mass is 924 g/mol. The lowest BCUT2D eigenvalue weighted by Gasteiger charge is -2.42. The number of para-hydroxylation sites is 1. The number of esters is 1. The first-order valence-electron chi connectivity index (χ1n) is 23.2. The molecule has 0 bridgehead atoms. The van der Waals surface area contributed by atoms with Crippen LogP contribution in [0.25, 0.3) is 22.3 Å². The van der Waals surface area contributed by atoms with Gasteiger partial charge >= 0.3 is 5.97 Å². The van der Waals surface area contributed by atoms with E-state index in [9.17, 15) is 24.0 Å². The second kappa shape index (κ2) is 17.2. The summed E-state index contributed by atoms with van der Waals surface area (Å²) in [7, 11) is -4.06. The summed E-state index contributed by atoms with van der Waals surface area (Å²) in [6.45, 7) is 17.6. The second-order valence-corrected chi connectivity index (χ2v) is 21.0. The molecule has 0 spiro atoms. The zero-order chi connectivity index (χ0) is 48.4. The van der Waals surface area contributed by atoms with Crippen LogP contribution >= 0.6 is 7.37 Å². The van der Waals surface area contributed by atoms with Crippen LogP contribution in [-0.4, -0.2) is 40.5 Å². The zero-order valence-corrected chi connectivity index (χ0v) is 40.2. The maximum Gasteiger partial charge on any atom is 0.338 e. The third-order valence-corrected chi connectivity index (χ3v) is 17.9. The van der Waals surface area contributed by atoms with Crippen molar-refractivity contribution in [3.05, 3.63) is 178 Å². The van der Waals surface area contributed by atoms with Gasteiger partial charge in [-0.25, -0.2) is 9.69 Å². The van der Waals surface area contributed by atoms with Crippen LogP contribution in [0, 0.1) is 0 Å². The van der Waals surface area contributed by atoms with Gasteiger partial charge < -0.3 is 9.26 Å². The highest BCUT2D eigenvalue weighted by molar-refractivity contribution is 7.69. The van der Waals surface area contributed by atoms with Crippen molar-refractivity contribution >= 4 is 48.0 Å². The molecule has 0 saturated carbocycles. The van der Waals surface area contributed by atoms with Crippen molar-refractivity contribution < 1.29 is 37.8 Å². The molecule has 6 aromatic rings. The van der Waals surface area contributed by atoms with Crippen molar-refractivity contribution in [2.45, 2.75) is 90.8 Å². The number of nitrogens with zero attached hydrogens (tertiary/aromatic N) is 2. The number of amides is 4. The van der Waals surface area contributed by atoms with Crippen LogP contribution in [0.1, 0.15) is 132 Å². The van der Waals surface area contributed by atoms with Gasteiger partial charge in [-0.1, -0.05) is 120 Å². The summed E-state index contributed by atoms with van der Waals surface area (Å²) in [6, 6.07) is 37.6. The molecule has 3 aliphatic rings. The minimum absolute atomic E-state index is 0.00724. The highest BCUT2D eigenvalue weighted by Gasteiger charge is 2.54. The largest absolute Gasteiger partial charge is 0.438 e. The Morgan fingerprint density at radius 1 is 0.632 bits per heavy atom. The summed E-state index contributed by atoms with van der Waals surface area (Å²) in [5.74, 6) is -2.46. The summed E-state index contributed by atoms with van der Waals surface area (Å²) in [5, 5.41) is -0.933. The zero-order valence-electron chi connectivity index (χ0n) is 39.3. The predicted octanol–water partition coefficient (Wildman–Crippen LogP) is 12.4. The number of anilines is 1. The van der Waals surface area contributed by atoms with Crippen LogP contribution < -0.4 is 19.5 Å². The second-order valence-electron chi connectivity index (χ2n) is 18.3. The Hall–Kier alpha value is -7.16. The lowest BCUT2D eigenvalue weighted by molar-refractivity contribution is -0.130. The Morgan fingerprint density at radius 2 is 1.16 bits per heavy atom. The van der Waals surface area contributed by atoms with Crippen LogP contribution in [0.3, 0.4) is 0 Å². The average Bonchev–Trinajstić information content (AvgIpc) is 3.76. The fourth-order valence-corrected chi connectivity index (χ4v) is 12.9. The number of carbonyl (C=O) groups excluding carboxylic acids is 5. The first-order valence-corrected chi connectivity index (χ1v) is 24.8. The fourth-order valence-electron chi connectivity index (χ4n) is 9.94. The molecule has 0 aliphatic carbocycles. The Morgan fingerprint density at radius 3 is 1.78 bits per heavy atom. The molecule has 4 amide bonds. The normalized spacial score (nSPS) is 17.1. The molecule has 10 nitrogen and oxygen atoms in total. The van der Waals surface area contributed by atoms with Crippen LogP contribution in [-0.2, 0) is 19.9 Å². The molecule has 9 rings (SSSR count). The number of carbonyl (C=O) groups is 5. The minimum atomic E-state index is -4.06. The molecule has 6 aromatic carbocycles. The topological polar surface area (TPSA) is 127 Å². The van der Waals surface area contributed by atoms with Gasteiger partial charge in [0.2, 0.25) is 0 Å². The first-order chi connectivity index (χ1) is 32.5. The third kappa shape index (κ3) is 6.99. The molecule has 0 N–H and O–H groups in total. The molecule has 344 valence electrons. The van der Waals surface area contributed by atoms with E-state index in [0.717, 1.165) is 34.4 Å². The summed E-state index contributed by atoms with van der Waals surface area (Å²) in [5.41, 5.74) is 5.76. The van der Waals surface area contributed by atoms with Gasteiger partial charge in [0.25, 0.3) is 31.0 Å². The van der Waals surface area contributed by atoms with Gasteiger partial charge in [0.05, 0.1) is 33.2 Å². The number of imide groups is 2. The third-order valence-electron chi connectivity index (χ3n) is 14.7. The molecule has 0 fully saturated rings. The van der Waals surface area contributed by atoms with E-state index in [1.54, 1.807) is 60.7 Å². The SMILES string of the molecule is C=C(C)C(=O)Oc1cc(C(C)(c2ccc(C(C)(CC)CC)cc2)P2(=O)Oc3ccccc3-c3ccccc32)ccc1N1C(=O)c2ccc(-c3ccc4c(c3)C(=O)N(C(CC)CC)C4=O)cc2C1=O. The van der Waals surface area contributed by atoms with Crippen molar-refractivity contribution in [1.29, 1.82) is 0 Å². The maximum atomic E-state index is 16.5. The van der Waals surface area contributed by atoms with E-state index in [1.165, 1.54) is 11.8 Å². The number of hydrogen-bond acceptors (Lipinski definition) is 8. The molecular weight excluding hydrogens is 872 g/mol. The van der Waals surface area contributed by atoms with Gasteiger partial charge in [-0.05, 0) is 127 Å². The molecular formula is C57H53N2O8P. The van der Waals surface area contributed by atoms with Gasteiger partial charge in [0.1, 0.15) is 10.9 Å². The maximum absolute atomic E-state index is 16.5. The lowest BCUT2D eigenvalue weighted by atomic mass is 9.77. The predicted molar refractivity (Wildman–Crippen MR) is 265 cm³/mol. The Kier molecular flexibility index (Phi) is 11.6. The van der Waals surface area contributed by atoms with E-state index in [4.69, 9.17) is 9.26 Å². The van der Waals surface area contributed by atoms with Crippen molar-refractivity contribution in [3.63, 3.8) is 0 Å². The van der Waals surface area contributed by atoms with Gasteiger partial charge in [-0.2, -0.15) is 0 Å². The smallest absolute Gasteiger partial charge is 0.338 e. The van der Waals surface area contributed by atoms with Gasteiger partial charge in [-0.3, -0.25) is 28.6 Å². The summed E-state index contributed by atoms with van der Waals surface area (Å²) >= 11 is 0. The molecule has 11 heteroatoms. The molecule has 0 aromatic heterocycles. The van der Waals surface area contributed by atoms with Crippen molar-refractivity contribution in [3.8, 4) is 33.8 Å². The highest BCUT2D eigenvalue weighted by atomic mass is 31.2. The summed E-state index contributed by atoms with van der Waals surface area (Å²) in [6.07, 6.45) is 3.09.